The zero-order valence-electron chi connectivity index (χ0n) is 11.3. The maximum Gasteiger partial charge on any atom is 0.251 e. The number of hydrogen-bond acceptors (Lipinski definition) is 2. The summed E-state index contributed by atoms with van der Waals surface area (Å²) in [6, 6.07) is 0. The zero-order valence-corrected chi connectivity index (χ0v) is 11.3. The number of carbonyl (C=O) groups is 2. The van der Waals surface area contributed by atoms with Crippen molar-refractivity contribution in [1.82, 2.24) is 10.2 Å². The number of hydrogen-bond donors (Lipinski definition) is 1. The molecule has 96 valence electrons. The van der Waals surface area contributed by atoms with E-state index in [0.29, 0.717) is 12.5 Å². The summed E-state index contributed by atoms with van der Waals surface area (Å²) in [4.78, 5) is 25.0. The molecular formula is C13H22N2O2. The van der Waals surface area contributed by atoms with Crippen molar-refractivity contribution in [2.24, 2.45) is 5.92 Å². The second-order valence-electron chi connectivity index (χ2n) is 5.09. The van der Waals surface area contributed by atoms with Crippen molar-refractivity contribution in [2.75, 3.05) is 6.54 Å². The molecular weight excluding hydrogens is 216 g/mol. The maximum atomic E-state index is 12.0. The Labute approximate surface area is 103 Å². The molecule has 0 saturated carbocycles. The van der Waals surface area contributed by atoms with E-state index in [1.165, 1.54) is 6.92 Å². The van der Waals surface area contributed by atoms with Gasteiger partial charge in [0.2, 0.25) is 5.91 Å². The minimum Gasteiger partial charge on any atom is -0.332 e. The van der Waals surface area contributed by atoms with E-state index in [1.54, 1.807) is 4.90 Å². The van der Waals surface area contributed by atoms with Gasteiger partial charge in [-0.2, -0.15) is 0 Å². The quantitative estimate of drug-likeness (QED) is 0.810. The van der Waals surface area contributed by atoms with Crippen LogP contribution in [0.25, 0.3) is 0 Å². The average molecular weight is 238 g/mol. The summed E-state index contributed by atoms with van der Waals surface area (Å²) in [5.41, 5.74) is 1.71. The lowest BCUT2D eigenvalue weighted by Gasteiger charge is -2.27. The van der Waals surface area contributed by atoms with Gasteiger partial charge in [0.05, 0.1) is 0 Å². The van der Waals surface area contributed by atoms with Crippen LogP contribution in [0.1, 0.15) is 41.0 Å². The second kappa shape index (κ2) is 5.34. The molecule has 0 aromatic carbocycles. The largest absolute Gasteiger partial charge is 0.332 e. The fraction of sp³-hybridized carbons (Fsp3) is 0.692. The molecule has 0 bridgehead atoms. The van der Waals surface area contributed by atoms with Crippen LogP contribution in [0.4, 0.5) is 0 Å². The molecule has 0 aliphatic carbocycles. The van der Waals surface area contributed by atoms with Gasteiger partial charge >= 0.3 is 0 Å². The molecule has 2 amide bonds. The predicted octanol–water partition coefficient (Wildman–Crippen LogP) is 1.67. The van der Waals surface area contributed by atoms with Crippen LogP contribution in [0.15, 0.2) is 11.1 Å². The molecule has 1 heterocycles. The van der Waals surface area contributed by atoms with E-state index in [0.717, 1.165) is 17.6 Å². The Bertz CT molecular complexity index is 358. The van der Waals surface area contributed by atoms with Crippen LogP contribution in [0, 0.1) is 5.92 Å². The summed E-state index contributed by atoms with van der Waals surface area (Å²) in [5.74, 6) is 0.482. The Morgan fingerprint density at radius 1 is 1.41 bits per heavy atom. The van der Waals surface area contributed by atoms with Crippen molar-refractivity contribution in [3.05, 3.63) is 11.1 Å². The molecule has 1 atom stereocenters. The fourth-order valence-corrected chi connectivity index (χ4v) is 1.95. The number of rotatable bonds is 4. The molecule has 17 heavy (non-hydrogen) atoms. The van der Waals surface area contributed by atoms with E-state index < -0.39 is 0 Å². The van der Waals surface area contributed by atoms with Gasteiger partial charge in [0, 0.05) is 19.0 Å². The molecule has 4 nitrogen and oxygen atoms in total. The summed E-state index contributed by atoms with van der Waals surface area (Å²) in [6.07, 6.45) is 0.696. The van der Waals surface area contributed by atoms with E-state index in [2.05, 4.69) is 19.2 Å². The molecule has 0 saturated heterocycles. The van der Waals surface area contributed by atoms with E-state index in [9.17, 15) is 9.59 Å². The van der Waals surface area contributed by atoms with Crippen molar-refractivity contribution in [2.45, 2.75) is 47.2 Å². The SMILES string of the molecule is CC(=O)N[C@H]1C(C)=C(C)C(=O)N1CCC(C)C. The van der Waals surface area contributed by atoms with Gasteiger partial charge < -0.3 is 10.2 Å². The first-order valence-electron chi connectivity index (χ1n) is 6.10. The molecule has 0 radical (unpaired) electrons. The van der Waals surface area contributed by atoms with Crippen LogP contribution < -0.4 is 5.32 Å². The van der Waals surface area contributed by atoms with Gasteiger partial charge in [0.15, 0.2) is 0 Å². The monoisotopic (exact) mass is 238 g/mol. The lowest BCUT2D eigenvalue weighted by atomic mass is 10.1. The number of carbonyl (C=O) groups excluding carboxylic acids is 2. The Hall–Kier alpha value is -1.32. The standard InChI is InChI=1S/C13H22N2O2/c1-8(2)6-7-15-12(14-11(5)16)9(3)10(4)13(15)17/h8,12H,6-7H2,1-5H3,(H,14,16)/t12-/m1/s1. The third-order valence-electron chi connectivity index (χ3n) is 3.18. The summed E-state index contributed by atoms with van der Waals surface area (Å²) < 4.78 is 0. The lowest BCUT2D eigenvalue weighted by molar-refractivity contribution is -0.129. The normalized spacial score (nSPS) is 20.5. The number of nitrogens with zero attached hydrogens (tertiary/aromatic N) is 1. The summed E-state index contributed by atoms with van der Waals surface area (Å²) in [6.45, 7) is 10.1. The van der Waals surface area contributed by atoms with Gasteiger partial charge in [-0.1, -0.05) is 13.8 Å². The first-order valence-corrected chi connectivity index (χ1v) is 6.10. The van der Waals surface area contributed by atoms with E-state index in [-0.39, 0.29) is 18.0 Å². The van der Waals surface area contributed by atoms with Crippen molar-refractivity contribution < 1.29 is 9.59 Å². The first-order chi connectivity index (χ1) is 7.84. The van der Waals surface area contributed by atoms with Crippen LogP contribution in [0.2, 0.25) is 0 Å². The van der Waals surface area contributed by atoms with Crippen molar-refractivity contribution in [3.8, 4) is 0 Å². The first kappa shape index (κ1) is 13.7. The van der Waals surface area contributed by atoms with E-state index in [4.69, 9.17) is 0 Å². The highest BCUT2D eigenvalue weighted by atomic mass is 16.2. The lowest BCUT2D eigenvalue weighted by Crippen LogP contribution is -2.47. The van der Waals surface area contributed by atoms with Crippen molar-refractivity contribution in [3.63, 3.8) is 0 Å². The highest BCUT2D eigenvalue weighted by molar-refractivity contribution is 5.97. The Morgan fingerprint density at radius 3 is 2.47 bits per heavy atom. The average Bonchev–Trinajstić information content (AvgIpc) is 2.41. The molecule has 0 aromatic heterocycles. The minimum absolute atomic E-state index is 0.0434. The van der Waals surface area contributed by atoms with Gasteiger partial charge in [0.25, 0.3) is 5.91 Å². The Balaban J connectivity index is 2.80. The van der Waals surface area contributed by atoms with Gasteiger partial charge in [-0.05, 0) is 31.8 Å². The Kier molecular flexibility index (Phi) is 4.32. The third kappa shape index (κ3) is 3.08. The molecule has 1 N–H and O–H groups in total. The van der Waals surface area contributed by atoms with Crippen LogP contribution >= 0.6 is 0 Å². The number of nitrogens with one attached hydrogen (secondary N) is 1. The topological polar surface area (TPSA) is 49.4 Å². The van der Waals surface area contributed by atoms with Crippen LogP contribution in [-0.2, 0) is 9.59 Å². The molecule has 4 heteroatoms. The molecule has 1 aliphatic heterocycles. The van der Waals surface area contributed by atoms with Gasteiger partial charge in [-0.25, -0.2) is 0 Å². The fourth-order valence-electron chi connectivity index (χ4n) is 1.95. The third-order valence-corrected chi connectivity index (χ3v) is 3.18. The van der Waals surface area contributed by atoms with Crippen molar-refractivity contribution in [1.29, 1.82) is 0 Å². The van der Waals surface area contributed by atoms with Crippen LogP contribution in [0.3, 0.4) is 0 Å². The summed E-state index contributed by atoms with van der Waals surface area (Å²) >= 11 is 0. The van der Waals surface area contributed by atoms with Crippen molar-refractivity contribution >= 4 is 11.8 Å². The molecule has 0 spiro atoms. The highest BCUT2D eigenvalue weighted by Gasteiger charge is 2.34. The molecule has 0 fully saturated rings. The highest BCUT2D eigenvalue weighted by Crippen LogP contribution is 2.24. The molecule has 1 rings (SSSR count). The van der Waals surface area contributed by atoms with E-state index >= 15 is 0 Å². The molecule has 0 unspecified atom stereocenters. The number of amides is 2. The molecule has 0 aromatic rings. The maximum absolute atomic E-state index is 12.0. The zero-order chi connectivity index (χ0) is 13.2. The summed E-state index contributed by atoms with van der Waals surface area (Å²) in [7, 11) is 0. The minimum atomic E-state index is -0.251. The van der Waals surface area contributed by atoms with Crippen LogP contribution in [-0.4, -0.2) is 29.4 Å². The smallest absolute Gasteiger partial charge is 0.251 e. The van der Waals surface area contributed by atoms with Crippen LogP contribution in [0.5, 0.6) is 0 Å². The van der Waals surface area contributed by atoms with Gasteiger partial charge in [0.1, 0.15) is 6.17 Å². The summed E-state index contributed by atoms with van der Waals surface area (Å²) in [5, 5.41) is 2.83. The van der Waals surface area contributed by atoms with Gasteiger partial charge in [-0.3, -0.25) is 9.59 Å². The molecule has 1 aliphatic rings. The predicted molar refractivity (Wildman–Crippen MR) is 67.1 cm³/mol. The Morgan fingerprint density at radius 2 is 2.00 bits per heavy atom. The van der Waals surface area contributed by atoms with E-state index in [1.807, 2.05) is 13.8 Å². The van der Waals surface area contributed by atoms with Gasteiger partial charge in [-0.15, -0.1) is 0 Å². The second-order valence-corrected chi connectivity index (χ2v) is 5.09.